The molecule has 2 N–H and O–H groups in total. The first-order valence-corrected chi connectivity index (χ1v) is 13.2. The van der Waals surface area contributed by atoms with Crippen molar-refractivity contribution in [3.63, 3.8) is 0 Å². The molecule has 38 heavy (non-hydrogen) atoms. The molecule has 196 valence electrons. The first-order valence-electron chi connectivity index (χ1n) is 13.2. The second-order valence-electron chi connectivity index (χ2n) is 10.4. The lowest BCUT2D eigenvalue weighted by Crippen LogP contribution is -3.00. The van der Waals surface area contributed by atoms with E-state index in [0.717, 1.165) is 16.9 Å². The number of hydrogen-bond donors (Lipinski definition) is 2. The smallest absolute Gasteiger partial charge is 0.0891 e. The van der Waals surface area contributed by atoms with E-state index in [9.17, 15) is 5.11 Å². The highest BCUT2D eigenvalue weighted by Gasteiger charge is 2.23. The Hall–Kier alpha value is -3.53. The zero-order chi connectivity index (χ0) is 25.9. The number of nitrogens with one attached hydrogen (secondary N) is 1. The topological polar surface area (TPSA) is 37.2 Å². The molecule has 0 aliphatic heterocycles. The summed E-state index contributed by atoms with van der Waals surface area (Å²) in [6, 6.07) is 34.2. The maximum absolute atomic E-state index is 11.3. The number of rotatable bonds is 8. The number of hydrogen-bond acceptors (Lipinski definition) is 2. The summed E-state index contributed by atoms with van der Waals surface area (Å²) in [5, 5.41) is 15.9. The average molecular weight is 524 g/mol. The van der Waals surface area contributed by atoms with Gasteiger partial charge in [-0.3, -0.25) is 0 Å². The molecule has 3 nitrogen and oxygen atoms in total. The summed E-state index contributed by atoms with van der Waals surface area (Å²) in [5.41, 5.74) is 10.7. The fraction of sp³-hybridized carbons (Fsp3) is 0.235. The number of anilines is 1. The summed E-state index contributed by atoms with van der Waals surface area (Å²) < 4.78 is 2.33. The zero-order valence-electron chi connectivity index (χ0n) is 22.6. The van der Waals surface area contributed by atoms with Crippen LogP contribution in [0.4, 0.5) is 5.69 Å². The molecule has 4 aromatic carbocycles. The van der Waals surface area contributed by atoms with Gasteiger partial charge in [0.1, 0.15) is 0 Å². The Labute approximate surface area is 232 Å². The number of benzene rings is 4. The minimum absolute atomic E-state index is 0. The van der Waals surface area contributed by atoms with Gasteiger partial charge in [0.2, 0.25) is 0 Å². The standard InChI is InChI=1S/C34H36N2O.ClH/c1-23(2)26-15-17-29(18-16-26)35-21-30(37)22-36-33-25(4)19-24(3)20-31(33)32(27-11-7-5-8-12-27)34(36)28-13-9-6-10-14-28;/h5-20,23,30,35,37H,21-22H2,1-4H3;1H/p-1. The van der Waals surface area contributed by atoms with Crippen LogP contribution in [0.5, 0.6) is 0 Å². The van der Waals surface area contributed by atoms with Crippen molar-refractivity contribution < 1.29 is 17.5 Å². The summed E-state index contributed by atoms with van der Waals surface area (Å²) in [7, 11) is 0. The minimum Gasteiger partial charge on any atom is -1.00 e. The molecule has 0 aliphatic rings. The van der Waals surface area contributed by atoms with Crippen molar-refractivity contribution in [3.8, 4) is 22.4 Å². The van der Waals surface area contributed by atoms with Gasteiger partial charge in [-0.25, -0.2) is 0 Å². The highest BCUT2D eigenvalue weighted by Crippen LogP contribution is 2.42. The summed E-state index contributed by atoms with van der Waals surface area (Å²) >= 11 is 0. The lowest BCUT2D eigenvalue weighted by Gasteiger charge is -2.19. The van der Waals surface area contributed by atoms with Crippen LogP contribution in [-0.4, -0.2) is 22.3 Å². The maximum atomic E-state index is 11.3. The van der Waals surface area contributed by atoms with E-state index in [1.165, 1.54) is 38.7 Å². The van der Waals surface area contributed by atoms with Gasteiger partial charge in [0.05, 0.1) is 23.9 Å². The molecule has 5 aromatic rings. The van der Waals surface area contributed by atoms with Gasteiger partial charge in [-0.1, -0.05) is 98.3 Å². The first kappa shape index (κ1) is 27.5. The van der Waals surface area contributed by atoms with Crippen molar-refractivity contribution in [2.45, 2.75) is 46.3 Å². The van der Waals surface area contributed by atoms with Crippen molar-refractivity contribution in [1.29, 1.82) is 0 Å². The van der Waals surface area contributed by atoms with Gasteiger partial charge in [-0.15, -0.1) is 0 Å². The fourth-order valence-corrected chi connectivity index (χ4v) is 5.36. The molecule has 0 amide bonds. The van der Waals surface area contributed by atoms with E-state index < -0.39 is 6.10 Å². The second-order valence-corrected chi connectivity index (χ2v) is 10.4. The average Bonchev–Trinajstić information content (AvgIpc) is 3.22. The molecule has 1 aromatic heterocycles. The number of halogens is 1. The van der Waals surface area contributed by atoms with E-state index in [4.69, 9.17) is 0 Å². The first-order chi connectivity index (χ1) is 17.9. The predicted octanol–water partition coefficient (Wildman–Crippen LogP) is 5.19. The van der Waals surface area contributed by atoms with E-state index in [2.05, 4.69) is 135 Å². The van der Waals surface area contributed by atoms with Crippen LogP contribution in [0.2, 0.25) is 0 Å². The van der Waals surface area contributed by atoms with Gasteiger partial charge in [-0.2, -0.15) is 0 Å². The second kappa shape index (κ2) is 11.9. The monoisotopic (exact) mass is 523 g/mol. The maximum Gasteiger partial charge on any atom is 0.0891 e. The Balaban J connectivity index is 0.00000336. The van der Waals surface area contributed by atoms with Crippen LogP contribution in [0.25, 0.3) is 33.3 Å². The van der Waals surface area contributed by atoms with E-state index >= 15 is 0 Å². The van der Waals surface area contributed by atoms with Gasteiger partial charge in [-0.05, 0) is 60.2 Å². The van der Waals surface area contributed by atoms with Gasteiger partial charge in [0, 0.05) is 23.2 Å². The molecule has 0 radical (unpaired) electrons. The van der Waals surface area contributed by atoms with E-state index in [1.807, 2.05) is 0 Å². The Bertz CT molecular complexity index is 1490. The fourth-order valence-electron chi connectivity index (χ4n) is 5.36. The van der Waals surface area contributed by atoms with E-state index in [0.29, 0.717) is 19.0 Å². The molecular formula is C34H36ClN2O-. The summed E-state index contributed by atoms with van der Waals surface area (Å²) in [6.07, 6.45) is -0.563. The summed E-state index contributed by atoms with van der Waals surface area (Å²) in [5.74, 6) is 0.503. The normalized spacial score (nSPS) is 11.9. The lowest BCUT2D eigenvalue weighted by atomic mass is 9.97. The van der Waals surface area contributed by atoms with Crippen LogP contribution >= 0.6 is 0 Å². The molecule has 0 saturated carbocycles. The third-order valence-electron chi connectivity index (χ3n) is 7.11. The number of nitrogens with zero attached hydrogens (tertiary/aromatic N) is 1. The highest BCUT2D eigenvalue weighted by molar-refractivity contribution is 6.06. The van der Waals surface area contributed by atoms with Gasteiger partial charge in [0.25, 0.3) is 0 Å². The van der Waals surface area contributed by atoms with Gasteiger partial charge >= 0.3 is 0 Å². The number of aliphatic hydroxyl groups is 1. The zero-order valence-corrected chi connectivity index (χ0v) is 23.3. The predicted molar refractivity (Wildman–Crippen MR) is 157 cm³/mol. The van der Waals surface area contributed by atoms with Crippen molar-refractivity contribution >= 4 is 16.6 Å². The Kier molecular flexibility index (Phi) is 8.61. The van der Waals surface area contributed by atoms with Crippen LogP contribution in [-0.2, 0) is 6.54 Å². The molecule has 1 atom stereocenters. The van der Waals surface area contributed by atoms with Gasteiger partial charge in [0.15, 0.2) is 0 Å². The number of aromatic nitrogens is 1. The third kappa shape index (κ3) is 5.65. The van der Waals surface area contributed by atoms with Crippen molar-refractivity contribution in [1.82, 2.24) is 4.57 Å². The molecule has 5 rings (SSSR count). The van der Waals surface area contributed by atoms with Crippen LogP contribution in [0.1, 0.15) is 36.5 Å². The summed E-state index contributed by atoms with van der Waals surface area (Å²) in [4.78, 5) is 0. The Morgan fingerprint density at radius 1 is 0.789 bits per heavy atom. The quantitative estimate of drug-likeness (QED) is 0.293. The lowest BCUT2D eigenvalue weighted by molar-refractivity contribution is -0.00000957. The van der Waals surface area contributed by atoms with Crippen LogP contribution < -0.4 is 17.7 Å². The van der Waals surface area contributed by atoms with Gasteiger partial charge < -0.3 is 27.4 Å². The number of fused-ring (bicyclic) bond motifs is 1. The van der Waals surface area contributed by atoms with Crippen molar-refractivity contribution in [2.75, 3.05) is 11.9 Å². The summed E-state index contributed by atoms with van der Waals surface area (Å²) in [6.45, 7) is 9.70. The molecule has 0 saturated heterocycles. The minimum atomic E-state index is -0.563. The molecular weight excluding hydrogens is 488 g/mol. The molecule has 0 fully saturated rings. The van der Waals surface area contributed by atoms with E-state index in [1.54, 1.807) is 0 Å². The largest absolute Gasteiger partial charge is 1.00 e. The molecule has 1 unspecified atom stereocenters. The SMILES string of the molecule is Cc1cc(C)c2c(c1)c(-c1ccccc1)c(-c1ccccc1)n2CC(O)CNc1ccc(C(C)C)cc1.[Cl-]. The van der Waals surface area contributed by atoms with Crippen molar-refractivity contribution in [3.05, 3.63) is 114 Å². The highest BCUT2D eigenvalue weighted by atomic mass is 35.5. The molecule has 0 bridgehead atoms. The number of aliphatic hydroxyl groups excluding tert-OH is 1. The van der Waals surface area contributed by atoms with Crippen LogP contribution in [0.3, 0.4) is 0 Å². The van der Waals surface area contributed by atoms with Crippen LogP contribution in [0, 0.1) is 13.8 Å². The molecule has 4 heteroatoms. The molecule has 1 heterocycles. The third-order valence-corrected chi connectivity index (χ3v) is 7.11. The molecule has 0 spiro atoms. The number of aryl methyl sites for hydroxylation is 2. The van der Waals surface area contributed by atoms with Crippen molar-refractivity contribution in [2.24, 2.45) is 0 Å². The van der Waals surface area contributed by atoms with E-state index in [-0.39, 0.29) is 12.4 Å². The Morgan fingerprint density at radius 2 is 1.39 bits per heavy atom. The van der Waals surface area contributed by atoms with Crippen LogP contribution in [0.15, 0.2) is 97.1 Å². The molecule has 0 aliphatic carbocycles. The Morgan fingerprint density at radius 3 is 2.00 bits per heavy atom.